The van der Waals surface area contributed by atoms with Crippen molar-refractivity contribution < 1.29 is 0 Å². The van der Waals surface area contributed by atoms with Gasteiger partial charge in [-0.3, -0.25) is 0 Å². The highest BCUT2D eigenvalue weighted by molar-refractivity contribution is 6.35. The zero-order valence-corrected chi connectivity index (χ0v) is 14.9. The van der Waals surface area contributed by atoms with Gasteiger partial charge in [0, 0.05) is 9.52 Å². The van der Waals surface area contributed by atoms with Crippen LogP contribution in [0, 0.1) is 0 Å². The summed E-state index contributed by atoms with van der Waals surface area (Å²) in [7, 11) is 1.20. The first-order chi connectivity index (χ1) is 10.9. The Bertz CT molecular complexity index is 518. The number of hydrogen-bond acceptors (Lipinski definition) is 0. The molecule has 0 aliphatic carbocycles. The van der Waals surface area contributed by atoms with E-state index < -0.39 is 0 Å². The van der Waals surface area contributed by atoms with Crippen LogP contribution in [-0.2, 0) is 6.42 Å². The Morgan fingerprint density at radius 3 is 2.27 bits per heavy atom. The van der Waals surface area contributed by atoms with Gasteiger partial charge in [0.05, 0.1) is 0 Å². The van der Waals surface area contributed by atoms with E-state index >= 15 is 0 Å². The molecule has 0 nitrogen and oxygen atoms in total. The third-order valence-electron chi connectivity index (χ3n) is 4.08. The molecule has 2 radical (unpaired) electrons. The SMILES string of the molecule is CCC[Si]CCCCCCc1ccccc1-c1ccccc1. The van der Waals surface area contributed by atoms with Crippen LogP contribution in [0.5, 0.6) is 0 Å². The highest BCUT2D eigenvalue weighted by Gasteiger charge is 2.03. The van der Waals surface area contributed by atoms with E-state index in [-0.39, 0.29) is 0 Å². The van der Waals surface area contributed by atoms with Gasteiger partial charge in [-0.15, -0.1) is 0 Å². The Balaban J connectivity index is 1.77. The van der Waals surface area contributed by atoms with E-state index in [9.17, 15) is 0 Å². The lowest BCUT2D eigenvalue weighted by molar-refractivity contribution is 0.665. The molecule has 2 aromatic rings. The van der Waals surface area contributed by atoms with Crippen molar-refractivity contribution in [3.05, 3.63) is 60.2 Å². The van der Waals surface area contributed by atoms with Crippen molar-refractivity contribution in [3.63, 3.8) is 0 Å². The lowest BCUT2D eigenvalue weighted by Gasteiger charge is -2.09. The molecule has 116 valence electrons. The quantitative estimate of drug-likeness (QED) is 0.351. The molecule has 0 fully saturated rings. The van der Waals surface area contributed by atoms with Crippen LogP contribution in [0.4, 0.5) is 0 Å². The van der Waals surface area contributed by atoms with E-state index in [0.717, 1.165) is 0 Å². The van der Waals surface area contributed by atoms with Gasteiger partial charge in [0.15, 0.2) is 0 Å². The van der Waals surface area contributed by atoms with Crippen LogP contribution in [0.3, 0.4) is 0 Å². The summed E-state index contributed by atoms with van der Waals surface area (Å²) >= 11 is 0. The van der Waals surface area contributed by atoms with E-state index in [1.165, 1.54) is 76.8 Å². The van der Waals surface area contributed by atoms with Crippen LogP contribution in [-0.4, -0.2) is 9.52 Å². The maximum atomic E-state index is 2.30. The molecule has 0 spiro atoms. The van der Waals surface area contributed by atoms with Crippen molar-refractivity contribution >= 4 is 9.52 Å². The molecule has 0 heterocycles. The van der Waals surface area contributed by atoms with Gasteiger partial charge in [-0.05, 0) is 29.5 Å². The molecule has 0 amide bonds. The van der Waals surface area contributed by atoms with Crippen molar-refractivity contribution in [1.82, 2.24) is 0 Å². The molecule has 1 heteroatoms. The average Bonchev–Trinajstić information content (AvgIpc) is 2.58. The second kappa shape index (κ2) is 10.4. The van der Waals surface area contributed by atoms with Gasteiger partial charge in [-0.1, -0.05) is 99.3 Å². The summed E-state index contributed by atoms with van der Waals surface area (Å²) in [6, 6.07) is 22.5. The van der Waals surface area contributed by atoms with Gasteiger partial charge in [-0.25, -0.2) is 0 Å². The summed E-state index contributed by atoms with van der Waals surface area (Å²) in [5.41, 5.74) is 4.26. The maximum Gasteiger partial charge on any atom is 0.0377 e. The Morgan fingerprint density at radius 2 is 1.45 bits per heavy atom. The van der Waals surface area contributed by atoms with Gasteiger partial charge in [0.1, 0.15) is 0 Å². The minimum absolute atomic E-state index is 1.20. The van der Waals surface area contributed by atoms with Gasteiger partial charge in [0.2, 0.25) is 0 Å². The summed E-state index contributed by atoms with van der Waals surface area (Å²) in [6.45, 7) is 2.29. The second-order valence-electron chi connectivity index (χ2n) is 5.94. The van der Waals surface area contributed by atoms with Gasteiger partial charge in [0.25, 0.3) is 0 Å². The third kappa shape index (κ3) is 5.80. The zero-order valence-electron chi connectivity index (χ0n) is 13.9. The highest BCUT2D eigenvalue weighted by Crippen LogP contribution is 2.24. The zero-order chi connectivity index (χ0) is 15.5. The molecule has 0 unspecified atom stereocenters. The predicted molar refractivity (Wildman–Crippen MR) is 99.7 cm³/mol. The second-order valence-corrected chi connectivity index (χ2v) is 7.44. The van der Waals surface area contributed by atoms with Crippen molar-refractivity contribution in [2.75, 3.05) is 0 Å². The Kier molecular flexibility index (Phi) is 8.04. The van der Waals surface area contributed by atoms with Crippen LogP contribution in [0.1, 0.15) is 44.6 Å². The number of unbranched alkanes of at least 4 members (excludes halogenated alkanes) is 3. The molecule has 0 saturated carbocycles. The highest BCUT2D eigenvalue weighted by atomic mass is 28.2. The summed E-state index contributed by atoms with van der Waals surface area (Å²) < 4.78 is 0. The minimum Gasteiger partial charge on any atom is -0.0657 e. The van der Waals surface area contributed by atoms with E-state index in [0.29, 0.717) is 0 Å². The molecular weight excluding hydrogens is 280 g/mol. The lowest BCUT2D eigenvalue weighted by Crippen LogP contribution is -1.92. The van der Waals surface area contributed by atoms with E-state index in [1.54, 1.807) is 0 Å². The van der Waals surface area contributed by atoms with Crippen molar-refractivity contribution in [2.24, 2.45) is 0 Å². The topological polar surface area (TPSA) is 0 Å². The largest absolute Gasteiger partial charge is 0.0657 e. The van der Waals surface area contributed by atoms with Crippen molar-refractivity contribution in [3.8, 4) is 11.1 Å². The molecule has 22 heavy (non-hydrogen) atoms. The number of benzene rings is 2. The third-order valence-corrected chi connectivity index (χ3v) is 5.64. The Morgan fingerprint density at radius 1 is 0.727 bits per heavy atom. The Hall–Kier alpha value is -1.34. The standard InChI is InChI=1S/C21H28Si/c1-2-17-22-18-11-4-3-6-12-20-15-9-10-16-21(20)19-13-7-5-8-14-19/h5,7-10,13-16H,2-4,6,11-12,17-18H2,1H3. The summed E-state index contributed by atoms with van der Waals surface area (Å²) in [6.07, 6.45) is 8.10. The van der Waals surface area contributed by atoms with E-state index in [2.05, 4.69) is 61.5 Å². The molecule has 0 bridgehead atoms. The molecule has 0 aromatic heterocycles. The fraction of sp³-hybridized carbons (Fsp3) is 0.429. The molecule has 0 aliphatic rings. The van der Waals surface area contributed by atoms with Crippen LogP contribution in [0.15, 0.2) is 54.6 Å². The number of hydrogen-bond donors (Lipinski definition) is 0. The minimum atomic E-state index is 1.20. The van der Waals surface area contributed by atoms with Gasteiger partial charge >= 0.3 is 0 Å². The van der Waals surface area contributed by atoms with E-state index in [4.69, 9.17) is 0 Å². The molecule has 0 N–H and O–H groups in total. The Labute approximate surface area is 138 Å². The first-order valence-electron chi connectivity index (χ1n) is 8.76. The van der Waals surface area contributed by atoms with Crippen LogP contribution >= 0.6 is 0 Å². The molecule has 2 rings (SSSR count). The average molecular weight is 309 g/mol. The summed E-state index contributed by atoms with van der Waals surface area (Å²) in [5, 5.41) is 0. The normalized spacial score (nSPS) is 10.8. The van der Waals surface area contributed by atoms with Crippen LogP contribution in [0.2, 0.25) is 12.1 Å². The maximum absolute atomic E-state index is 2.30. The summed E-state index contributed by atoms with van der Waals surface area (Å²) in [4.78, 5) is 0. The molecular formula is C21H28Si. The molecule has 0 saturated heterocycles. The fourth-order valence-electron chi connectivity index (χ4n) is 2.86. The number of rotatable bonds is 10. The smallest absolute Gasteiger partial charge is 0.0377 e. The lowest BCUT2D eigenvalue weighted by atomic mass is 9.96. The predicted octanol–water partition coefficient (Wildman–Crippen LogP) is 6.41. The van der Waals surface area contributed by atoms with Crippen molar-refractivity contribution in [1.29, 1.82) is 0 Å². The molecule has 0 atom stereocenters. The van der Waals surface area contributed by atoms with E-state index in [1.807, 2.05) is 0 Å². The van der Waals surface area contributed by atoms with Gasteiger partial charge in [-0.2, -0.15) is 0 Å². The van der Waals surface area contributed by atoms with Crippen LogP contribution in [0.25, 0.3) is 11.1 Å². The first kappa shape index (κ1) is 17.0. The number of aryl methyl sites for hydroxylation is 1. The van der Waals surface area contributed by atoms with Gasteiger partial charge < -0.3 is 0 Å². The molecule has 2 aromatic carbocycles. The van der Waals surface area contributed by atoms with Crippen molar-refractivity contribution in [2.45, 2.75) is 57.5 Å². The van der Waals surface area contributed by atoms with Crippen LogP contribution < -0.4 is 0 Å². The monoisotopic (exact) mass is 308 g/mol. The first-order valence-corrected chi connectivity index (χ1v) is 10.2. The fourth-order valence-corrected chi connectivity index (χ4v) is 3.96. The summed E-state index contributed by atoms with van der Waals surface area (Å²) in [5.74, 6) is 0. The molecule has 0 aliphatic heterocycles.